The van der Waals surface area contributed by atoms with Crippen LogP contribution >= 0.6 is 0 Å². The smallest absolute Gasteiger partial charge is 0.317 e. The molecule has 2 aliphatic rings. The number of rotatable bonds is 5. The number of nitrogens with zero attached hydrogens (tertiary/aromatic N) is 4. The van der Waals surface area contributed by atoms with Gasteiger partial charge in [-0.05, 0) is 56.9 Å². The third-order valence-corrected chi connectivity index (χ3v) is 6.01. The molecule has 7 nitrogen and oxygen atoms in total. The lowest BCUT2D eigenvalue weighted by Gasteiger charge is -2.33. The molecule has 1 N–H and O–H groups in total. The number of aryl methyl sites for hydroxylation is 2. The molecule has 0 aliphatic carbocycles. The van der Waals surface area contributed by atoms with Crippen LogP contribution in [0.1, 0.15) is 36.2 Å². The highest BCUT2D eigenvalue weighted by Gasteiger charge is 2.25. The normalized spacial score (nSPS) is 19.7. The van der Waals surface area contributed by atoms with E-state index in [1.165, 1.54) is 24.9 Å². The van der Waals surface area contributed by atoms with Crippen molar-refractivity contribution in [1.82, 2.24) is 20.0 Å². The van der Waals surface area contributed by atoms with Crippen LogP contribution in [0.4, 0.5) is 10.5 Å². The van der Waals surface area contributed by atoms with E-state index >= 15 is 0 Å². The Kier molecular flexibility index (Phi) is 6.57. The lowest BCUT2D eigenvalue weighted by Crippen LogP contribution is -2.50. The second kappa shape index (κ2) is 9.51. The molecular formula is C23H33N5O2. The van der Waals surface area contributed by atoms with Gasteiger partial charge in [-0.1, -0.05) is 12.1 Å². The number of carbonyl (C=O) groups excluding carboxylic acids is 1. The minimum atomic E-state index is -0.0358. The number of amides is 2. The maximum atomic E-state index is 12.7. The van der Waals surface area contributed by atoms with Crippen molar-refractivity contribution in [3.63, 3.8) is 0 Å². The molecule has 2 fully saturated rings. The van der Waals surface area contributed by atoms with Gasteiger partial charge in [0.05, 0.1) is 31.5 Å². The first-order valence-electron chi connectivity index (χ1n) is 11.1. The van der Waals surface area contributed by atoms with Crippen LogP contribution in [0.5, 0.6) is 0 Å². The third-order valence-electron chi connectivity index (χ3n) is 6.01. The van der Waals surface area contributed by atoms with Crippen LogP contribution in [0.3, 0.4) is 0 Å². The monoisotopic (exact) mass is 411 g/mol. The van der Waals surface area contributed by atoms with E-state index in [4.69, 9.17) is 4.74 Å². The number of anilines is 1. The minimum absolute atomic E-state index is 0.0308. The van der Waals surface area contributed by atoms with Crippen LogP contribution in [-0.4, -0.2) is 59.6 Å². The summed E-state index contributed by atoms with van der Waals surface area (Å²) in [5.74, 6) is 0. The van der Waals surface area contributed by atoms with Crippen molar-refractivity contribution in [1.29, 1.82) is 0 Å². The Balaban J connectivity index is 1.26. The predicted octanol–water partition coefficient (Wildman–Crippen LogP) is 3.10. The number of urea groups is 1. The van der Waals surface area contributed by atoms with Crippen molar-refractivity contribution >= 4 is 11.7 Å². The second-order valence-electron chi connectivity index (χ2n) is 8.42. The van der Waals surface area contributed by atoms with Crippen molar-refractivity contribution in [3.05, 3.63) is 47.3 Å². The van der Waals surface area contributed by atoms with Gasteiger partial charge in [-0.3, -0.25) is 4.68 Å². The summed E-state index contributed by atoms with van der Waals surface area (Å²) >= 11 is 0. The predicted molar refractivity (Wildman–Crippen MR) is 118 cm³/mol. The number of hydrogen-bond donors (Lipinski definition) is 1. The largest absolute Gasteiger partial charge is 0.373 e. The van der Waals surface area contributed by atoms with Crippen LogP contribution in [0.15, 0.2) is 30.3 Å². The van der Waals surface area contributed by atoms with Gasteiger partial charge in [-0.2, -0.15) is 5.10 Å². The van der Waals surface area contributed by atoms with Crippen LogP contribution in [0.25, 0.3) is 0 Å². The van der Waals surface area contributed by atoms with Gasteiger partial charge in [0, 0.05) is 37.6 Å². The maximum absolute atomic E-state index is 12.7. The van der Waals surface area contributed by atoms with E-state index in [0.29, 0.717) is 32.8 Å². The molecule has 2 saturated heterocycles. The summed E-state index contributed by atoms with van der Waals surface area (Å²) < 4.78 is 7.84. The quantitative estimate of drug-likeness (QED) is 0.821. The number of nitrogens with one attached hydrogen (secondary N) is 1. The van der Waals surface area contributed by atoms with E-state index in [2.05, 4.69) is 45.6 Å². The highest BCUT2D eigenvalue weighted by molar-refractivity contribution is 5.74. The molecule has 162 valence electrons. The van der Waals surface area contributed by atoms with Crippen LogP contribution < -0.4 is 10.2 Å². The molecule has 0 saturated carbocycles. The van der Waals surface area contributed by atoms with Gasteiger partial charge in [0.25, 0.3) is 0 Å². The summed E-state index contributed by atoms with van der Waals surface area (Å²) in [5.41, 5.74) is 4.52. The molecular weight excluding hydrogens is 378 g/mol. The molecule has 1 unspecified atom stereocenters. The lowest BCUT2D eigenvalue weighted by atomic mass is 10.1. The van der Waals surface area contributed by atoms with Crippen molar-refractivity contribution < 1.29 is 9.53 Å². The molecule has 1 aromatic heterocycles. The van der Waals surface area contributed by atoms with Crippen molar-refractivity contribution in [2.24, 2.45) is 0 Å². The summed E-state index contributed by atoms with van der Waals surface area (Å²) in [5, 5.41) is 7.57. The molecule has 0 bridgehead atoms. The summed E-state index contributed by atoms with van der Waals surface area (Å²) in [7, 11) is 0. The van der Waals surface area contributed by atoms with Crippen molar-refractivity contribution in [2.45, 2.75) is 52.3 Å². The Morgan fingerprint density at radius 1 is 1.13 bits per heavy atom. The average Bonchev–Trinajstić information content (AvgIpc) is 3.09. The first-order valence-corrected chi connectivity index (χ1v) is 11.1. The fourth-order valence-electron chi connectivity index (χ4n) is 4.33. The topological polar surface area (TPSA) is 62.6 Å². The first-order chi connectivity index (χ1) is 14.6. The second-order valence-corrected chi connectivity index (χ2v) is 8.42. The lowest BCUT2D eigenvalue weighted by molar-refractivity contribution is -0.0240. The van der Waals surface area contributed by atoms with Crippen LogP contribution in [0.2, 0.25) is 0 Å². The number of morpholine rings is 1. The first kappa shape index (κ1) is 20.7. The number of benzene rings is 1. The zero-order chi connectivity index (χ0) is 20.9. The van der Waals surface area contributed by atoms with Crippen LogP contribution in [0, 0.1) is 13.8 Å². The number of ether oxygens (including phenoxy) is 1. The van der Waals surface area contributed by atoms with E-state index in [1.807, 2.05) is 23.4 Å². The summed E-state index contributed by atoms with van der Waals surface area (Å²) in [4.78, 5) is 17.0. The Labute approximate surface area is 179 Å². The van der Waals surface area contributed by atoms with Gasteiger partial charge in [-0.15, -0.1) is 0 Å². The van der Waals surface area contributed by atoms with Gasteiger partial charge in [0.15, 0.2) is 0 Å². The molecule has 1 atom stereocenters. The number of piperidine rings is 1. The molecule has 2 amide bonds. The van der Waals surface area contributed by atoms with Gasteiger partial charge in [-0.25, -0.2) is 4.79 Å². The standard InChI is InChI=1S/C23H33N5O2/c1-18-14-19(2)28(25-18)17-22-16-27(12-13-30-22)23(29)24-15-20-6-8-21(9-7-20)26-10-4-3-5-11-26/h6-9,14,22H,3-5,10-13,15-17H2,1-2H3,(H,24,29). The molecule has 3 heterocycles. The van der Waals surface area contributed by atoms with E-state index in [1.54, 1.807) is 0 Å². The number of aromatic nitrogens is 2. The zero-order valence-electron chi connectivity index (χ0n) is 18.1. The van der Waals surface area contributed by atoms with Crippen LogP contribution in [-0.2, 0) is 17.8 Å². The molecule has 7 heteroatoms. The van der Waals surface area contributed by atoms with Gasteiger partial charge >= 0.3 is 6.03 Å². The fourth-order valence-corrected chi connectivity index (χ4v) is 4.33. The number of hydrogen-bond acceptors (Lipinski definition) is 4. The van der Waals surface area contributed by atoms with Gasteiger partial charge in [0.1, 0.15) is 0 Å². The fraction of sp³-hybridized carbons (Fsp3) is 0.565. The highest BCUT2D eigenvalue weighted by atomic mass is 16.5. The Bertz CT molecular complexity index is 842. The van der Waals surface area contributed by atoms with E-state index in [9.17, 15) is 4.79 Å². The Morgan fingerprint density at radius 2 is 1.90 bits per heavy atom. The molecule has 2 aliphatic heterocycles. The Hall–Kier alpha value is -2.54. The van der Waals surface area contributed by atoms with E-state index < -0.39 is 0 Å². The third kappa shape index (κ3) is 5.14. The summed E-state index contributed by atoms with van der Waals surface area (Å²) in [6, 6.07) is 10.6. The SMILES string of the molecule is Cc1cc(C)n(CC2CN(C(=O)NCc3ccc(N4CCCCC4)cc3)CCO2)n1. The van der Waals surface area contributed by atoms with Gasteiger partial charge < -0.3 is 19.9 Å². The van der Waals surface area contributed by atoms with Crippen molar-refractivity contribution in [2.75, 3.05) is 37.7 Å². The Morgan fingerprint density at radius 3 is 2.60 bits per heavy atom. The van der Waals surface area contributed by atoms with Crippen molar-refractivity contribution in [3.8, 4) is 0 Å². The highest BCUT2D eigenvalue weighted by Crippen LogP contribution is 2.20. The minimum Gasteiger partial charge on any atom is -0.373 e. The summed E-state index contributed by atoms with van der Waals surface area (Å²) in [6.45, 7) is 9.29. The molecule has 2 aromatic rings. The van der Waals surface area contributed by atoms with Gasteiger partial charge in [0.2, 0.25) is 0 Å². The average molecular weight is 412 g/mol. The van der Waals surface area contributed by atoms with E-state index in [0.717, 1.165) is 30.0 Å². The summed E-state index contributed by atoms with van der Waals surface area (Å²) in [6.07, 6.45) is 3.85. The zero-order valence-corrected chi connectivity index (χ0v) is 18.1. The van der Waals surface area contributed by atoms with E-state index in [-0.39, 0.29) is 12.1 Å². The maximum Gasteiger partial charge on any atom is 0.317 e. The molecule has 0 spiro atoms. The molecule has 0 radical (unpaired) electrons. The number of carbonyl (C=O) groups is 1. The molecule has 30 heavy (non-hydrogen) atoms. The molecule has 4 rings (SSSR count). The molecule has 1 aromatic carbocycles.